The third kappa shape index (κ3) is 1.97. The Kier molecular flexibility index (Phi) is 2.81. The molecule has 19 heavy (non-hydrogen) atoms. The molecular formula is C18H14Ta. The summed E-state index contributed by atoms with van der Waals surface area (Å²) in [5.74, 6) is 0. The summed E-state index contributed by atoms with van der Waals surface area (Å²) < 4.78 is 1.49. The van der Waals surface area contributed by atoms with Crippen LogP contribution in [0.4, 0.5) is 0 Å². The molecule has 2 atom stereocenters. The van der Waals surface area contributed by atoms with Gasteiger partial charge in [-0.1, -0.05) is 0 Å². The van der Waals surface area contributed by atoms with Crippen molar-refractivity contribution >= 4 is 12.2 Å². The molecule has 0 N–H and O–H groups in total. The van der Waals surface area contributed by atoms with E-state index in [-0.39, 0.29) is 0 Å². The standard InChI is InChI=1S/2C9H7.Ta/c2*1-2-5-9-7-3-6-8(9)4-1;/h2*1-7H;. The third-order valence-electron chi connectivity index (χ3n) is 3.87. The Balaban J connectivity index is 1.62. The maximum atomic E-state index is 2.44. The second-order valence-corrected chi connectivity index (χ2v) is 10.1. The summed E-state index contributed by atoms with van der Waals surface area (Å²) in [4.78, 5) is 0. The fraction of sp³-hybridized carbons (Fsp3) is 0.111. The normalized spacial score (nSPS) is 22.3. The van der Waals surface area contributed by atoms with Gasteiger partial charge in [-0.3, -0.25) is 0 Å². The summed E-state index contributed by atoms with van der Waals surface area (Å²) in [5.41, 5.74) is 6.01. The minimum atomic E-state index is -0.649. The van der Waals surface area contributed by atoms with Crippen LogP contribution in [0.25, 0.3) is 12.2 Å². The summed E-state index contributed by atoms with van der Waals surface area (Å²) in [6.07, 6.45) is 9.51. The van der Waals surface area contributed by atoms with E-state index in [1.54, 1.807) is 11.1 Å². The van der Waals surface area contributed by atoms with Crippen LogP contribution >= 0.6 is 0 Å². The molecule has 2 aromatic rings. The van der Waals surface area contributed by atoms with E-state index in [1.807, 2.05) is 0 Å². The number of hydrogen-bond acceptors (Lipinski definition) is 0. The third-order valence-corrected chi connectivity index (χ3v) is 9.41. The molecular weight excluding hydrogens is 397 g/mol. The second-order valence-electron chi connectivity index (χ2n) is 5.01. The zero-order valence-electron chi connectivity index (χ0n) is 10.5. The van der Waals surface area contributed by atoms with Gasteiger partial charge in [0.05, 0.1) is 0 Å². The number of rotatable bonds is 2. The predicted molar refractivity (Wildman–Crippen MR) is 76.4 cm³/mol. The van der Waals surface area contributed by atoms with Crippen molar-refractivity contribution in [3.05, 3.63) is 82.9 Å². The number of hydrogen-bond donors (Lipinski definition) is 0. The number of allylic oxidation sites excluding steroid dienone is 2. The average molecular weight is 411 g/mol. The summed E-state index contributed by atoms with van der Waals surface area (Å²) in [6.45, 7) is 0. The van der Waals surface area contributed by atoms with Gasteiger partial charge in [0.15, 0.2) is 0 Å². The van der Waals surface area contributed by atoms with Gasteiger partial charge in [0, 0.05) is 0 Å². The molecule has 0 amide bonds. The van der Waals surface area contributed by atoms with Crippen LogP contribution in [0.15, 0.2) is 60.7 Å². The first-order valence-corrected chi connectivity index (χ1v) is 10.4. The first kappa shape index (κ1) is 11.5. The van der Waals surface area contributed by atoms with Crippen LogP contribution in [0.1, 0.15) is 30.5 Å². The molecule has 0 saturated heterocycles. The van der Waals surface area contributed by atoms with Crippen molar-refractivity contribution in [2.24, 2.45) is 0 Å². The fourth-order valence-electron chi connectivity index (χ4n) is 2.89. The van der Waals surface area contributed by atoms with Crippen molar-refractivity contribution in [1.82, 2.24) is 0 Å². The second kappa shape index (κ2) is 4.64. The van der Waals surface area contributed by atoms with Gasteiger partial charge in [0.1, 0.15) is 0 Å². The summed E-state index contributed by atoms with van der Waals surface area (Å²) in [6, 6.07) is 17.8. The molecule has 0 radical (unpaired) electrons. The molecule has 2 aliphatic rings. The molecule has 2 aliphatic carbocycles. The monoisotopic (exact) mass is 411 g/mol. The van der Waals surface area contributed by atoms with Crippen molar-refractivity contribution in [2.45, 2.75) is 8.27 Å². The maximum absolute atomic E-state index is 2.44. The Labute approximate surface area is 123 Å². The molecule has 91 valence electrons. The van der Waals surface area contributed by atoms with Crippen LogP contribution in [0.5, 0.6) is 0 Å². The van der Waals surface area contributed by atoms with Crippen LogP contribution in [-0.2, 0) is 19.8 Å². The van der Waals surface area contributed by atoms with Gasteiger partial charge in [-0.2, -0.15) is 0 Å². The molecule has 4 rings (SSSR count). The van der Waals surface area contributed by atoms with E-state index in [2.05, 4.69) is 72.8 Å². The molecule has 0 fully saturated rings. The number of fused-ring (bicyclic) bond motifs is 2. The predicted octanol–water partition coefficient (Wildman–Crippen LogP) is 4.61. The van der Waals surface area contributed by atoms with E-state index < -0.39 is 19.8 Å². The molecule has 2 unspecified atom stereocenters. The molecule has 0 aromatic heterocycles. The molecule has 0 spiro atoms. The van der Waals surface area contributed by atoms with E-state index in [0.717, 1.165) is 8.27 Å². The topological polar surface area (TPSA) is 0 Å². The van der Waals surface area contributed by atoms with Crippen molar-refractivity contribution in [3.8, 4) is 0 Å². The van der Waals surface area contributed by atoms with Crippen molar-refractivity contribution in [3.63, 3.8) is 0 Å². The van der Waals surface area contributed by atoms with E-state index in [1.165, 1.54) is 11.1 Å². The summed E-state index contributed by atoms with van der Waals surface area (Å²) in [5, 5.41) is 0. The molecule has 0 aliphatic heterocycles. The Bertz CT molecular complexity index is 622. The zero-order chi connectivity index (χ0) is 12.7. The molecule has 0 saturated carbocycles. The van der Waals surface area contributed by atoms with Crippen LogP contribution in [0.2, 0.25) is 0 Å². The Morgan fingerprint density at radius 1 is 0.632 bits per heavy atom. The Morgan fingerprint density at radius 2 is 1.11 bits per heavy atom. The zero-order valence-corrected chi connectivity index (χ0v) is 13.7. The van der Waals surface area contributed by atoms with Gasteiger partial charge in [-0.05, 0) is 0 Å². The summed E-state index contributed by atoms with van der Waals surface area (Å²) >= 11 is -0.649. The first-order chi connectivity index (χ1) is 9.42. The molecule has 2 aromatic carbocycles. The molecule has 0 heterocycles. The average Bonchev–Trinajstić information content (AvgIpc) is 3.05. The van der Waals surface area contributed by atoms with E-state index >= 15 is 0 Å². The molecule has 0 bridgehead atoms. The van der Waals surface area contributed by atoms with E-state index in [4.69, 9.17) is 0 Å². The van der Waals surface area contributed by atoms with Gasteiger partial charge < -0.3 is 0 Å². The van der Waals surface area contributed by atoms with Crippen LogP contribution < -0.4 is 0 Å². The van der Waals surface area contributed by atoms with Gasteiger partial charge in [-0.25, -0.2) is 0 Å². The first-order valence-electron chi connectivity index (χ1n) is 6.66. The molecule has 0 nitrogen and oxygen atoms in total. The van der Waals surface area contributed by atoms with Gasteiger partial charge >= 0.3 is 123 Å². The Morgan fingerprint density at radius 3 is 1.63 bits per heavy atom. The van der Waals surface area contributed by atoms with E-state index in [9.17, 15) is 0 Å². The van der Waals surface area contributed by atoms with Gasteiger partial charge in [-0.15, -0.1) is 0 Å². The summed E-state index contributed by atoms with van der Waals surface area (Å²) in [7, 11) is 0. The Hall–Kier alpha value is -1.34. The molecule has 1 heteroatoms. The van der Waals surface area contributed by atoms with Crippen molar-refractivity contribution < 1.29 is 19.8 Å². The minimum absolute atomic E-state index is 0.649. The van der Waals surface area contributed by atoms with Crippen LogP contribution in [-0.4, -0.2) is 0 Å². The SMILES string of the molecule is C1=C[CH]([Ta][CH]2C=Cc3ccccc32)c2ccccc21. The van der Waals surface area contributed by atoms with Crippen LogP contribution in [0.3, 0.4) is 0 Å². The quantitative estimate of drug-likeness (QED) is 0.678. The number of benzene rings is 2. The van der Waals surface area contributed by atoms with Crippen molar-refractivity contribution in [1.29, 1.82) is 0 Å². The van der Waals surface area contributed by atoms with Gasteiger partial charge in [0.25, 0.3) is 0 Å². The van der Waals surface area contributed by atoms with Crippen molar-refractivity contribution in [2.75, 3.05) is 0 Å². The van der Waals surface area contributed by atoms with Crippen LogP contribution in [0, 0.1) is 0 Å². The van der Waals surface area contributed by atoms with E-state index in [0.29, 0.717) is 0 Å². The fourth-order valence-corrected chi connectivity index (χ4v) is 8.31. The van der Waals surface area contributed by atoms with Gasteiger partial charge in [0.2, 0.25) is 0 Å².